The molecule has 4 heteroatoms. The number of carbonyl (C=O) groups excluding carboxylic acids is 1. The van der Waals surface area contributed by atoms with Crippen molar-refractivity contribution in [3.63, 3.8) is 0 Å². The first-order valence-electron chi connectivity index (χ1n) is 7.39. The van der Waals surface area contributed by atoms with E-state index in [1.54, 1.807) is 18.3 Å². The maximum atomic E-state index is 12.0. The molecule has 1 unspecified atom stereocenters. The van der Waals surface area contributed by atoms with Gasteiger partial charge in [-0.1, -0.05) is 25.7 Å². The Morgan fingerprint density at radius 2 is 2.10 bits per heavy atom. The second kappa shape index (κ2) is 9.15. The molecule has 1 amide bonds. The summed E-state index contributed by atoms with van der Waals surface area (Å²) in [5, 5.41) is 11.6. The van der Waals surface area contributed by atoms with Crippen LogP contribution < -0.4 is 5.32 Å². The average molecular weight is 288 g/mol. The number of aromatic nitrogens is 1. The van der Waals surface area contributed by atoms with E-state index in [4.69, 9.17) is 5.11 Å². The third-order valence-electron chi connectivity index (χ3n) is 3.02. The highest BCUT2D eigenvalue weighted by Gasteiger charge is 2.11. The summed E-state index contributed by atoms with van der Waals surface area (Å²) in [4.78, 5) is 16.2. The van der Waals surface area contributed by atoms with Gasteiger partial charge in [-0.15, -0.1) is 0 Å². The van der Waals surface area contributed by atoms with Crippen LogP contribution in [0, 0.1) is 17.8 Å². The van der Waals surface area contributed by atoms with Crippen molar-refractivity contribution in [1.29, 1.82) is 0 Å². The average Bonchev–Trinajstić information content (AvgIpc) is 2.46. The first kappa shape index (κ1) is 17.2. The molecule has 0 aliphatic carbocycles. The van der Waals surface area contributed by atoms with Crippen LogP contribution in [-0.4, -0.2) is 28.6 Å². The van der Waals surface area contributed by atoms with Gasteiger partial charge in [0.15, 0.2) is 0 Å². The Balaban J connectivity index is 2.53. The SMILES string of the molecule is CC(C)CCC(C)NC(=O)c1ccc(C#CCCO)cn1. The standard InChI is InChI=1S/C17H24N2O2/c1-13(2)7-8-14(3)19-17(21)16-10-9-15(12-18-16)6-4-5-11-20/h9-10,12-14,20H,5,7-8,11H2,1-3H3,(H,19,21). The minimum atomic E-state index is -0.152. The van der Waals surface area contributed by atoms with Gasteiger partial charge in [-0.2, -0.15) is 0 Å². The molecule has 1 rings (SSSR count). The predicted octanol–water partition coefficient (Wildman–Crippen LogP) is 2.37. The smallest absolute Gasteiger partial charge is 0.270 e. The number of hydrogen-bond acceptors (Lipinski definition) is 3. The third-order valence-corrected chi connectivity index (χ3v) is 3.02. The Hall–Kier alpha value is -1.86. The summed E-state index contributed by atoms with van der Waals surface area (Å²) < 4.78 is 0. The van der Waals surface area contributed by atoms with Gasteiger partial charge in [0, 0.05) is 24.2 Å². The molecule has 2 N–H and O–H groups in total. The first-order chi connectivity index (χ1) is 10.0. The summed E-state index contributed by atoms with van der Waals surface area (Å²) in [5.41, 5.74) is 1.15. The monoisotopic (exact) mass is 288 g/mol. The molecule has 0 aromatic carbocycles. The van der Waals surface area contributed by atoms with E-state index < -0.39 is 0 Å². The van der Waals surface area contributed by atoms with Gasteiger partial charge in [0.05, 0.1) is 6.61 Å². The maximum Gasteiger partial charge on any atom is 0.270 e. The molecule has 1 heterocycles. The number of carbonyl (C=O) groups is 1. The number of hydrogen-bond donors (Lipinski definition) is 2. The van der Waals surface area contributed by atoms with Gasteiger partial charge in [-0.3, -0.25) is 4.79 Å². The van der Waals surface area contributed by atoms with Crippen molar-refractivity contribution in [3.8, 4) is 11.8 Å². The number of pyridine rings is 1. The number of nitrogens with one attached hydrogen (secondary N) is 1. The van der Waals surface area contributed by atoms with E-state index in [9.17, 15) is 4.79 Å². The van der Waals surface area contributed by atoms with Gasteiger partial charge in [-0.05, 0) is 37.8 Å². The Bertz CT molecular complexity index is 498. The lowest BCUT2D eigenvalue weighted by molar-refractivity contribution is 0.0932. The summed E-state index contributed by atoms with van der Waals surface area (Å²) in [7, 11) is 0. The maximum absolute atomic E-state index is 12.0. The minimum Gasteiger partial charge on any atom is -0.395 e. The highest BCUT2D eigenvalue weighted by Crippen LogP contribution is 2.07. The number of aliphatic hydroxyl groups excluding tert-OH is 1. The molecular weight excluding hydrogens is 264 g/mol. The van der Waals surface area contributed by atoms with Crippen LogP contribution in [0.4, 0.5) is 0 Å². The Labute approximate surface area is 127 Å². The van der Waals surface area contributed by atoms with E-state index in [0.717, 1.165) is 18.4 Å². The topological polar surface area (TPSA) is 62.2 Å². The largest absolute Gasteiger partial charge is 0.395 e. The molecule has 0 saturated carbocycles. The van der Waals surface area contributed by atoms with Crippen molar-refractivity contribution in [3.05, 3.63) is 29.6 Å². The van der Waals surface area contributed by atoms with Crippen molar-refractivity contribution >= 4 is 5.91 Å². The second-order valence-corrected chi connectivity index (χ2v) is 5.55. The zero-order valence-corrected chi connectivity index (χ0v) is 13.0. The molecule has 0 aliphatic rings. The normalized spacial score (nSPS) is 11.7. The highest BCUT2D eigenvalue weighted by molar-refractivity contribution is 5.92. The van der Waals surface area contributed by atoms with E-state index >= 15 is 0 Å². The highest BCUT2D eigenvalue weighted by atomic mass is 16.2. The van der Waals surface area contributed by atoms with Crippen molar-refractivity contribution < 1.29 is 9.90 Å². The van der Waals surface area contributed by atoms with Crippen molar-refractivity contribution in [2.45, 2.75) is 46.1 Å². The van der Waals surface area contributed by atoms with Crippen molar-refractivity contribution in [2.75, 3.05) is 6.61 Å². The molecule has 114 valence electrons. The molecule has 1 aromatic rings. The fourth-order valence-corrected chi connectivity index (χ4v) is 1.78. The Morgan fingerprint density at radius 1 is 1.33 bits per heavy atom. The van der Waals surface area contributed by atoms with Gasteiger partial charge >= 0.3 is 0 Å². The van der Waals surface area contributed by atoms with Crippen molar-refractivity contribution in [2.24, 2.45) is 5.92 Å². The Morgan fingerprint density at radius 3 is 2.67 bits per heavy atom. The van der Waals surface area contributed by atoms with E-state index in [1.807, 2.05) is 6.92 Å². The quantitative estimate of drug-likeness (QED) is 0.790. The number of nitrogens with zero attached hydrogens (tertiary/aromatic N) is 1. The minimum absolute atomic E-state index is 0.0508. The molecule has 0 aliphatic heterocycles. The fraction of sp³-hybridized carbons (Fsp3) is 0.529. The summed E-state index contributed by atoms with van der Waals surface area (Å²) in [6.07, 6.45) is 4.08. The molecule has 1 atom stereocenters. The molecule has 4 nitrogen and oxygen atoms in total. The summed E-state index contributed by atoms with van der Waals surface area (Å²) in [5.74, 6) is 6.19. The lowest BCUT2D eigenvalue weighted by atomic mass is 10.0. The molecule has 0 bridgehead atoms. The van der Waals surface area contributed by atoms with Crippen LogP contribution in [-0.2, 0) is 0 Å². The molecule has 0 spiro atoms. The van der Waals surface area contributed by atoms with Crippen LogP contribution in [0.5, 0.6) is 0 Å². The molecule has 21 heavy (non-hydrogen) atoms. The molecule has 0 saturated heterocycles. The molecular formula is C17H24N2O2. The third kappa shape index (κ3) is 6.92. The van der Waals surface area contributed by atoms with Crippen molar-refractivity contribution in [1.82, 2.24) is 10.3 Å². The molecule has 0 fully saturated rings. The lowest BCUT2D eigenvalue weighted by Crippen LogP contribution is -2.33. The predicted molar refractivity (Wildman–Crippen MR) is 83.8 cm³/mol. The summed E-state index contributed by atoms with van der Waals surface area (Å²) in [6.45, 7) is 6.41. The molecule has 1 aromatic heterocycles. The fourth-order valence-electron chi connectivity index (χ4n) is 1.78. The van der Waals surface area contributed by atoms with Gasteiger partial charge in [0.25, 0.3) is 5.91 Å². The number of rotatable bonds is 6. The van der Waals surface area contributed by atoms with Gasteiger partial charge in [0.1, 0.15) is 5.69 Å². The first-order valence-corrected chi connectivity index (χ1v) is 7.39. The van der Waals surface area contributed by atoms with Gasteiger partial charge < -0.3 is 10.4 Å². The van der Waals surface area contributed by atoms with Crippen LogP contribution >= 0.6 is 0 Å². The van der Waals surface area contributed by atoms with Crippen LogP contribution in [0.15, 0.2) is 18.3 Å². The summed E-state index contributed by atoms with van der Waals surface area (Å²) >= 11 is 0. The van der Waals surface area contributed by atoms with Crippen LogP contribution in [0.2, 0.25) is 0 Å². The van der Waals surface area contributed by atoms with Crippen LogP contribution in [0.3, 0.4) is 0 Å². The zero-order chi connectivity index (χ0) is 15.7. The molecule has 0 radical (unpaired) electrons. The number of amides is 1. The van der Waals surface area contributed by atoms with Crippen LogP contribution in [0.25, 0.3) is 0 Å². The van der Waals surface area contributed by atoms with E-state index in [-0.39, 0.29) is 18.6 Å². The van der Waals surface area contributed by atoms with E-state index in [1.165, 1.54) is 0 Å². The van der Waals surface area contributed by atoms with E-state index in [2.05, 4.69) is 36.0 Å². The second-order valence-electron chi connectivity index (χ2n) is 5.55. The van der Waals surface area contributed by atoms with Crippen LogP contribution in [0.1, 0.15) is 56.1 Å². The zero-order valence-electron chi connectivity index (χ0n) is 13.0. The lowest BCUT2D eigenvalue weighted by Gasteiger charge is -2.14. The number of aliphatic hydroxyl groups is 1. The van der Waals surface area contributed by atoms with E-state index in [0.29, 0.717) is 18.0 Å². The van der Waals surface area contributed by atoms with Gasteiger partial charge in [-0.25, -0.2) is 4.98 Å². The van der Waals surface area contributed by atoms with Gasteiger partial charge in [0.2, 0.25) is 0 Å². The summed E-state index contributed by atoms with van der Waals surface area (Å²) in [6, 6.07) is 3.59. The Kier molecular flexibility index (Phi) is 7.49.